The standard InChI is InChI=1S/C9H15ClN4O/c1-5(4-15)14(3)8-7(11)6(2)12-9(10)13-8/h5,15H,4,11H2,1-3H3. The fourth-order valence-electron chi connectivity index (χ4n) is 1.13. The quantitative estimate of drug-likeness (QED) is 0.753. The summed E-state index contributed by atoms with van der Waals surface area (Å²) in [6, 6.07) is -0.0716. The molecular formula is C9H15ClN4O. The minimum Gasteiger partial charge on any atom is -0.394 e. The summed E-state index contributed by atoms with van der Waals surface area (Å²) < 4.78 is 0. The number of hydrogen-bond acceptors (Lipinski definition) is 5. The molecule has 1 aromatic heterocycles. The van der Waals surface area contributed by atoms with Gasteiger partial charge in [0.15, 0.2) is 5.82 Å². The Morgan fingerprint density at radius 1 is 1.53 bits per heavy atom. The van der Waals surface area contributed by atoms with Crippen LogP contribution in [0.15, 0.2) is 0 Å². The van der Waals surface area contributed by atoms with Gasteiger partial charge < -0.3 is 15.7 Å². The van der Waals surface area contributed by atoms with Gasteiger partial charge in [0.1, 0.15) is 0 Å². The van der Waals surface area contributed by atoms with Gasteiger partial charge in [-0.1, -0.05) is 0 Å². The van der Waals surface area contributed by atoms with Crippen molar-refractivity contribution < 1.29 is 5.11 Å². The highest BCUT2D eigenvalue weighted by Gasteiger charge is 2.16. The summed E-state index contributed by atoms with van der Waals surface area (Å²) in [5, 5.41) is 9.20. The van der Waals surface area contributed by atoms with E-state index in [-0.39, 0.29) is 17.9 Å². The molecule has 0 amide bonds. The zero-order valence-electron chi connectivity index (χ0n) is 9.03. The number of aliphatic hydroxyl groups excluding tert-OH is 1. The number of halogens is 1. The first kappa shape index (κ1) is 12.0. The van der Waals surface area contributed by atoms with Crippen LogP contribution in [0.5, 0.6) is 0 Å². The third-order valence-corrected chi connectivity index (χ3v) is 2.52. The molecular weight excluding hydrogens is 216 g/mol. The largest absolute Gasteiger partial charge is 0.394 e. The van der Waals surface area contributed by atoms with E-state index < -0.39 is 0 Å². The normalized spacial score (nSPS) is 12.6. The molecule has 0 radical (unpaired) electrons. The van der Waals surface area contributed by atoms with Crippen molar-refractivity contribution in [3.8, 4) is 0 Å². The molecule has 1 heterocycles. The molecule has 1 atom stereocenters. The van der Waals surface area contributed by atoms with E-state index in [4.69, 9.17) is 22.4 Å². The average molecular weight is 231 g/mol. The molecule has 0 spiro atoms. The summed E-state index contributed by atoms with van der Waals surface area (Å²) in [6.07, 6.45) is 0. The summed E-state index contributed by atoms with van der Waals surface area (Å²) in [7, 11) is 1.80. The lowest BCUT2D eigenvalue weighted by Gasteiger charge is -2.25. The molecule has 15 heavy (non-hydrogen) atoms. The maximum absolute atomic E-state index is 9.04. The Labute approximate surface area is 93.9 Å². The summed E-state index contributed by atoms with van der Waals surface area (Å²) in [4.78, 5) is 9.76. The van der Waals surface area contributed by atoms with E-state index in [2.05, 4.69) is 9.97 Å². The van der Waals surface area contributed by atoms with Crippen LogP contribution in [0.4, 0.5) is 11.5 Å². The lowest BCUT2D eigenvalue weighted by molar-refractivity contribution is 0.270. The van der Waals surface area contributed by atoms with E-state index in [9.17, 15) is 0 Å². The van der Waals surface area contributed by atoms with E-state index in [1.807, 2.05) is 6.92 Å². The highest BCUT2D eigenvalue weighted by atomic mass is 35.5. The molecule has 6 heteroatoms. The molecule has 0 aliphatic carbocycles. The van der Waals surface area contributed by atoms with Gasteiger partial charge in [-0.3, -0.25) is 0 Å². The predicted octanol–water partition coefficient (Wildman–Crippen LogP) is 0.838. The highest BCUT2D eigenvalue weighted by molar-refractivity contribution is 6.28. The van der Waals surface area contributed by atoms with Gasteiger partial charge in [0.2, 0.25) is 5.28 Å². The van der Waals surface area contributed by atoms with E-state index in [1.165, 1.54) is 0 Å². The van der Waals surface area contributed by atoms with Gasteiger partial charge in [-0.25, -0.2) is 4.98 Å². The van der Waals surface area contributed by atoms with Gasteiger partial charge in [-0.15, -0.1) is 0 Å². The number of hydrogen-bond donors (Lipinski definition) is 2. The number of nitrogens with two attached hydrogens (primary N) is 1. The molecule has 5 nitrogen and oxygen atoms in total. The van der Waals surface area contributed by atoms with Crippen molar-refractivity contribution >= 4 is 23.1 Å². The van der Waals surface area contributed by atoms with Crippen molar-refractivity contribution in [2.75, 3.05) is 24.3 Å². The first-order valence-corrected chi connectivity index (χ1v) is 4.98. The Bertz CT molecular complexity index is 358. The van der Waals surface area contributed by atoms with E-state index in [0.29, 0.717) is 17.2 Å². The molecule has 3 N–H and O–H groups in total. The molecule has 1 aromatic rings. The van der Waals surface area contributed by atoms with Crippen molar-refractivity contribution in [3.05, 3.63) is 11.0 Å². The van der Waals surface area contributed by atoms with Crippen LogP contribution in [0, 0.1) is 6.92 Å². The Balaban J connectivity index is 3.13. The van der Waals surface area contributed by atoms with Crippen molar-refractivity contribution in [2.45, 2.75) is 19.9 Å². The summed E-state index contributed by atoms with van der Waals surface area (Å²) in [6.45, 7) is 3.66. The number of anilines is 2. The Morgan fingerprint density at radius 2 is 2.13 bits per heavy atom. The maximum Gasteiger partial charge on any atom is 0.224 e. The number of likely N-dealkylation sites (N-methyl/N-ethyl adjacent to an activating group) is 1. The molecule has 0 saturated heterocycles. The van der Waals surface area contributed by atoms with Crippen LogP contribution < -0.4 is 10.6 Å². The summed E-state index contributed by atoms with van der Waals surface area (Å²) in [5.74, 6) is 0.550. The van der Waals surface area contributed by atoms with Crippen LogP contribution in [0.25, 0.3) is 0 Å². The average Bonchev–Trinajstić information content (AvgIpc) is 2.21. The van der Waals surface area contributed by atoms with Crippen molar-refractivity contribution in [1.29, 1.82) is 0 Å². The zero-order chi connectivity index (χ0) is 11.6. The highest BCUT2D eigenvalue weighted by Crippen LogP contribution is 2.24. The summed E-state index contributed by atoms with van der Waals surface area (Å²) >= 11 is 5.75. The van der Waals surface area contributed by atoms with Gasteiger partial charge in [0.25, 0.3) is 0 Å². The first-order chi connectivity index (χ1) is 6.97. The van der Waals surface area contributed by atoms with Crippen molar-refractivity contribution in [1.82, 2.24) is 9.97 Å². The van der Waals surface area contributed by atoms with Crippen LogP contribution in [-0.2, 0) is 0 Å². The topological polar surface area (TPSA) is 75.3 Å². The second-order valence-electron chi connectivity index (χ2n) is 3.46. The molecule has 0 saturated carbocycles. The van der Waals surface area contributed by atoms with Crippen LogP contribution in [-0.4, -0.2) is 34.8 Å². The fourth-order valence-corrected chi connectivity index (χ4v) is 1.34. The smallest absolute Gasteiger partial charge is 0.224 e. The van der Waals surface area contributed by atoms with Gasteiger partial charge in [-0.2, -0.15) is 4.98 Å². The SMILES string of the molecule is Cc1nc(Cl)nc(N(C)C(C)CO)c1N. The van der Waals surface area contributed by atoms with Gasteiger partial charge in [0.05, 0.1) is 24.0 Å². The Morgan fingerprint density at radius 3 is 2.67 bits per heavy atom. The number of aromatic nitrogens is 2. The summed E-state index contributed by atoms with van der Waals surface area (Å²) in [5.41, 5.74) is 6.97. The Hall–Kier alpha value is -1.07. The molecule has 0 aromatic carbocycles. The molecule has 0 aliphatic heterocycles. The van der Waals surface area contributed by atoms with Crippen LogP contribution in [0.1, 0.15) is 12.6 Å². The lowest BCUT2D eigenvalue weighted by Crippen LogP contribution is -2.33. The molecule has 0 aliphatic rings. The van der Waals surface area contributed by atoms with Crippen molar-refractivity contribution in [2.24, 2.45) is 0 Å². The first-order valence-electron chi connectivity index (χ1n) is 4.60. The second-order valence-corrected chi connectivity index (χ2v) is 3.80. The molecule has 1 rings (SSSR count). The van der Waals surface area contributed by atoms with Gasteiger partial charge in [0, 0.05) is 7.05 Å². The third kappa shape index (κ3) is 2.49. The zero-order valence-corrected chi connectivity index (χ0v) is 9.78. The minimum absolute atomic E-state index is 0.0244. The predicted molar refractivity (Wildman–Crippen MR) is 61.1 cm³/mol. The maximum atomic E-state index is 9.04. The second kappa shape index (κ2) is 4.63. The van der Waals surface area contributed by atoms with Gasteiger partial charge in [-0.05, 0) is 25.4 Å². The van der Waals surface area contributed by atoms with E-state index >= 15 is 0 Å². The lowest BCUT2D eigenvalue weighted by atomic mass is 10.3. The fraction of sp³-hybridized carbons (Fsp3) is 0.556. The molecule has 0 fully saturated rings. The number of rotatable bonds is 3. The van der Waals surface area contributed by atoms with E-state index in [0.717, 1.165) is 0 Å². The van der Waals surface area contributed by atoms with E-state index in [1.54, 1.807) is 18.9 Å². The Kier molecular flexibility index (Phi) is 3.71. The number of aryl methyl sites for hydroxylation is 1. The van der Waals surface area contributed by atoms with Crippen molar-refractivity contribution in [3.63, 3.8) is 0 Å². The third-order valence-electron chi connectivity index (χ3n) is 2.35. The van der Waals surface area contributed by atoms with Gasteiger partial charge >= 0.3 is 0 Å². The van der Waals surface area contributed by atoms with Crippen LogP contribution in [0.3, 0.4) is 0 Å². The number of nitrogen functional groups attached to an aromatic ring is 1. The molecule has 84 valence electrons. The number of aliphatic hydroxyl groups is 1. The monoisotopic (exact) mass is 230 g/mol. The molecule has 1 unspecified atom stereocenters. The van der Waals surface area contributed by atoms with Crippen LogP contribution in [0.2, 0.25) is 5.28 Å². The molecule has 0 bridgehead atoms. The number of nitrogens with zero attached hydrogens (tertiary/aromatic N) is 3. The minimum atomic E-state index is -0.0716. The van der Waals surface area contributed by atoms with Crippen LogP contribution >= 0.6 is 11.6 Å².